The average Bonchev–Trinajstić information content (AvgIpc) is 2.79. The van der Waals surface area contributed by atoms with E-state index in [-0.39, 0.29) is 29.4 Å². The Morgan fingerprint density at radius 1 is 1.05 bits per heavy atom. The summed E-state index contributed by atoms with van der Waals surface area (Å²) in [4.78, 5) is 38.5. The maximum atomic E-state index is 12.5. The van der Waals surface area contributed by atoms with E-state index in [9.17, 15) is 14.4 Å². The quantitative estimate of drug-likeness (QED) is 0.485. The first-order valence-electron chi connectivity index (χ1n) is 7.22. The fraction of sp³-hybridized carbons (Fsp3) is 0.353. The molecule has 1 aromatic rings. The molecule has 0 saturated carbocycles. The molecule has 2 amide bonds. The van der Waals surface area contributed by atoms with Crippen molar-refractivity contribution in [2.75, 3.05) is 0 Å². The third kappa shape index (κ3) is 2.20. The number of nitrogens with zero attached hydrogens (tertiary/aromatic N) is 1. The van der Waals surface area contributed by atoms with Gasteiger partial charge in [-0.25, -0.2) is 0 Å². The molecule has 1 aliphatic heterocycles. The lowest BCUT2D eigenvalue weighted by Crippen LogP contribution is -2.43. The van der Waals surface area contributed by atoms with Crippen molar-refractivity contribution in [1.82, 2.24) is 4.90 Å². The number of fused-ring (bicyclic) bond motifs is 1. The van der Waals surface area contributed by atoms with Crippen molar-refractivity contribution in [1.29, 1.82) is 0 Å². The Balaban J connectivity index is 1.85. The van der Waals surface area contributed by atoms with E-state index in [2.05, 4.69) is 0 Å². The van der Waals surface area contributed by atoms with E-state index in [1.807, 2.05) is 18.2 Å². The summed E-state index contributed by atoms with van der Waals surface area (Å²) < 4.78 is 0. The minimum Gasteiger partial charge on any atom is -0.292 e. The Kier molecular flexibility index (Phi) is 3.45. The third-order valence-corrected chi connectivity index (χ3v) is 4.37. The lowest BCUT2D eigenvalue weighted by atomic mass is 9.85. The minimum atomic E-state index is -0.738. The molecule has 0 spiro atoms. The molecule has 4 heteroatoms. The van der Waals surface area contributed by atoms with Crippen LogP contribution in [0.2, 0.25) is 0 Å². The van der Waals surface area contributed by atoms with Crippen molar-refractivity contribution in [2.45, 2.75) is 25.8 Å². The van der Waals surface area contributed by atoms with Crippen molar-refractivity contribution in [3.63, 3.8) is 0 Å². The van der Waals surface area contributed by atoms with Crippen LogP contribution in [-0.2, 0) is 9.59 Å². The van der Waals surface area contributed by atoms with E-state index in [1.165, 1.54) is 4.90 Å². The highest BCUT2D eigenvalue weighted by Gasteiger charge is 2.49. The number of carbonyl (C=O) groups is 3. The number of carbonyl (C=O) groups excluding carboxylic acids is 3. The van der Waals surface area contributed by atoms with E-state index in [4.69, 9.17) is 0 Å². The van der Waals surface area contributed by atoms with E-state index < -0.39 is 6.04 Å². The highest BCUT2D eigenvalue weighted by molar-refractivity contribution is 6.11. The van der Waals surface area contributed by atoms with Gasteiger partial charge in [-0.1, -0.05) is 42.5 Å². The van der Waals surface area contributed by atoms with Gasteiger partial charge < -0.3 is 0 Å². The second kappa shape index (κ2) is 5.28. The number of rotatable bonds is 3. The Hall–Kier alpha value is -2.23. The minimum absolute atomic E-state index is 0.191. The van der Waals surface area contributed by atoms with Gasteiger partial charge in [-0.3, -0.25) is 19.3 Å². The lowest BCUT2D eigenvalue weighted by molar-refractivity contribution is -0.141. The van der Waals surface area contributed by atoms with Crippen LogP contribution >= 0.6 is 0 Å². The van der Waals surface area contributed by atoms with Gasteiger partial charge in [-0.15, -0.1) is 0 Å². The van der Waals surface area contributed by atoms with Crippen LogP contribution in [0.5, 0.6) is 0 Å². The zero-order valence-electron chi connectivity index (χ0n) is 11.9. The second-order valence-electron chi connectivity index (χ2n) is 5.61. The van der Waals surface area contributed by atoms with E-state index in [0.29, 0.717) is 18.4 Å². The van der Waals surface area contributed by atoms with Crippen molar-refractivity contribution in [2.24, 2.45) is 11.8 Å². The van der Waals surface area contributed by atoms with Gasteiger partial charge in [0.1, 0.15) is 0 Å². The van der Waals surface area contributed by atoms with E-state index >= 15 is 0 Å². The molecule has 3 rings (SSSR count). The summed E-state index contributed by atoms with van der Waals surface area (Å²) in [6.45, 7) is 1.63. The molecular weight excluding hydrogens is 266 g/mol. The summed E-state index contributed by atoms with van der Waals surface area (Å²) in [6, 6.07) is 8.05. The highest BCUT2D eigenvalue weighted by atomic mass is 16.2. The number of likely N-dealkylation sites (tertiary alicyclic amines) is 1. The number of hydrogen-bond acceptors (Lipinski definition) is 3. The van der Waals surface area contributed by atoms with Crippen LogP contribution in [0.4, 0.5) is 0 Å². The molecule has 0 aromatic heterocycles. The van der Waals surface area contributed by atoms with Crippen LogP contribution in [0.15, 0.2) is 42.5 Å². The lowest BCUT2D eigenvalue weighted by Gasteiger charge is -2.22. The highest BCUT2D eigenvalue weighted by Crippen LogP contribution is 2.36. The Morgan fingerprint density at radius 2 is 1.57 bits per heavy atom. The molecule has 1 fully saturated rings. The van der Waals surface area contributed by atoms with Crippen LogP contribution in [0.25, 0.3) is 0 Å². The predicted molar refractivity (Wildman–Crippen MR) is 77.4 cm³/mol. The first-order valence-corrected chi connectivity index (χ1v) is 7.22. The monoisotopic (exact) mass is 283 g/mol. The van der Waals surface area contributed by atoms with Gasteiger partial charge in [0.2, 0.25) is 11.8 Å². The number of hydrogen-bond donors (Lipinski definition) is 0. The molecule has 1 aromatic carbocycles. The van der Waals surface area contributed by atoms with Crippen LogP contribution in [-0.4, -0.2) is 28.5 Å². The predicted octanol–water partition coefficient (Wildman–Crippen LogP) is 2.21. The van der Waals surface area contributed by atoms with Crippen molar-refractivity contribution in [3.8, 4) is 0 Å². The van der Waals surface area contributed by atoms with Crippen LogP contribution < -0.4 is 0 Å². The standard InChI is InChI=1S/C17H17NO3/c1-11(15(19)12-7-3-2-4-8-12)18-16(20)13-9-5-6-10-14(13)17(18)21/h2-8,11,13-14H,9-10H2,1H3/t11-,13+,14+/m1/s1. The summed E-state index contributed by atoms with van der Waals surface area (Å²) in [5, 5.41) is 0. The molecule has 108 valence electrons. The number of benzene rings is 1. The topological polar surface area (TPSA) is 54.5 Å². The summed E-state index contributed by atoms with van der Waals surface area (Å²) in [5.41, 5.74) is 0.526. The molecule has 0 unspecified atom stereocenters. The smallest absolute Gasteiger partial charge is 0.234 e. The Labute approximate surface area is 123 Å². The molecular formula is C17H17NO3. The maximum Gasteiger partial charge on any atom is 0.234 e. The zero-order chi connectivity index (χ0) is 15.0. The van der Waals surface area contributed by atoms with Gasteiger partial charge in [-0.05, 0) is 19.8 Å². The molecule has 4 nitrogen and oxygen atoms in total. The number of Topliss-reactive ketones (excluding diaryl/α,β-unsaturated/α-hetero) is 1. The molecule has 1 saturated heterocycles. The van der Waals surface area contributed by atoms with Crippen molar-refractivity contribution >= 4 is 17.6 Å². The zero-order valence-corrected chi connectivity index (χ0v) is 11.9. The normalized spacial score (nSPS) is 25.9. The van der Waals surface area contributed by atoms with Gasteiger partial charge in [-0.2, -0.15) is 0 Å². The van der Waals surface area contributed by atoms with Gasteiger partial charge in [0.15, 0.2) is 5.78 Å². The summed E-state index contributed by atoms with van der Waals surface area (Å²) in [7, 11) is 0. The fourth-order valence-corrected chi connectivity index (χ4v) is 3.17. The van der Waals surface area contributed by atoms with E-state index in [1.54, 1.807) is 31.2 Å². The van der Waals surface area contributed by atoms with Crippen LogP contribution in [0.1, 0.15) is 30.1 Å². The Morgan fingerprint density at radius 3 is 2.10 bits per heavy atom. The van der Waals surface area contributed by atoms with Crippen molar-refractivity contribution in [3.05, 3.63) is 48.0 Å². The molecule has 0 radical (unpaired) electrons. The van der Waals surface area contributed by atoms with Gasteiger partial charge in [0.25, 0.3) is 0 Å². The maximum absolute atomic E-state index is 12.5. The summed E-state index contributed by atoms with van der Waals surface area (Å²) >= 11 is 0. The summed E-state index contributed by atoms with van der Waals surface area (Å²) in [6.07, 6.45) is 5.08. The van der Waals surface area contributed by atoms with Crippen molar-refractivity contribution < 1.29 is 14.4 Å². The van der Waals surface area contributed by atoms with E-state index in [0.717, 1.165) is 0 Å². The largest absolute Gasteiger partial charge is 0.292 e. The summed E-state index contributed by atoms with van der Waals surface area (Å²) in [5.74, 6) is -1.16. The Bertz CT molecular complexity index is 594. The van der Waals surface area contributed by atoms with Gasteiger partial charge in [0.05, 0.1) is 17.9 Å². The molecule has 1 heterocycles. The molecule has 0 bridgehead atoms. The number of allylic oxidation sites excluding steroid dienone is 2. The van der Waals surface area contributed by atoms with Gasteiger partial charge >= 0.3 is 0 Å². The first kappa shape index (κ1) is 13.7. The number of imide groups is 1. The molecule has 2 aliphatic rings. The molecule has 21 heavy (non-hydrogen) atoms. The third-order valence-electron chi connectivity index (χ3n) is 4.37. The molecule has 3 atom stereocenters. The number of amides is 2. The number of ketones is 1. The molecule has 1 aliphatic carbocycles. The second-order valence-corrected chi connectivity index (χ2v) is 5.61. The van der Waals surface area contributed by atoms with Crippen LogP contribution in [0, 0.1) is 11.8 Å². The first-order chi connectivity index (χ1) is 10.1. The SMILES string of the molecule is C[C@H](C(=O)c1ccccc1)N1C(=O)[C@H]2CC=CC[C@@H]2C1=O. The fourth-order valence-electron chi connectivity index (χ4n) is 3.17. The molecule has 0 N–H and O–H groups in total. The average molecular weight is 283 g/mol. The van der Waals surface area contributed by atoms with Gasteiger partial charge in [0, 0.05) is 5.56 Å². The van der Waals surface area contributed by atoms with Crippen LogP contribution in [0.3, 0.4) is 0 Å².